The van der Waals surface area contributed by atoms with Crippen molar-refractivity contribution in [2.75, 3.05) is 4.72 Å². The second-order valence-corrected chi connectivity index (χ2v) is 6.61. The lowest BCUT2D eigenvalue weighted by molar-refractivity contribution is 0.429. The smallest absolute Gasteiger partial charge is 0.314 e. The molecular formula is C13H18N4O3S. The van der Waals surface area contributed by atoms with Gasteiger partial charge in [0.2, 0.25) is 0 Å². The number of aromatic nitrogens is 2. The largest absolute Gasteiger partial charge is 0.335 e. The maximum Gasteiger partial charge on any atom is 0.335 e. The second-order valence-electron chi connectivity index (χ2n) is 4.93. The Morgan fingerprint density at radius 1 is 1.24 bits per heavy atom. The number of nitrogens with zero attached hydrogens (tertiary/aromatic N) is 2. The summed E-state index contributed by atoms with van der Waals surface area (Å²) >= 11 is 0. The first-order valence-corrected chi connectivity index (χ1v) is 8.00. The Hall–Kier alpha value is -1.93. The Balaban J connectivity index is 2.09. The third kappa shape index (κ3) is 4.27. The van der Waals surface area contributed by atoms with Gasteiger partial charge in [0.05, 0.1) is 4.90 Å². The van der Waals surface area contributed by atoms with Gasteiger partial charge in [0.15, 0.2) is 5.82 Å². The summed E-state index contributed by atoms with van der Waals surface area (Å²) in [7, 11) is -3.71. The van der Waals surface area contributed by atoms with Crippen molar-refractivity contribution in [2.45, 2.75) is 38.3 Å². The van der Waals surface area contributed by atoms with Gasteiger partial charge < -0.3 is 9.84 Å². The fraction of sp³-hybridized carbons (Fsp3) is 0.385. The van der Waals surface area contributed by atoms with E-state index in [1.807, 2.05) is 0 Å². The summed E-state index contributed by atoms with van der Waals surface area (Å²) in [6, 6.07) is 6.85. The number of benzene rings is 1. The predicted octanol–water partition coefficient (Wildman–Crippen LogP) is 1.68. The normalized spacial score (nSPS) is 11.8. The summed E-state index contributed by atoms with van der Waals surface area (Å²) in [6.45, 7) is 6.40. The van der Waals surface area contributed by atoms with Crippen LogP contribution in [0.15, 0.2) is 33.7 Å². The van der Waals surface area contributed by atoms with Crippen LogP contribution in [0.25, 0.3) is 0 Å². The van der Waals surface area contributed by atoms with Gasteiger partial charge in [-0.05, 0) is 24.6 Å². The highest BCUT2D eigenvalue weighted by Crippen LogP contribution is 2.15. The van der Waals surface area contributed by atoms with E-state index in [2.05, 4.69) is 34.0 Å². The topological polar surface area (TPSA) is 97.1 Å². The van der Waals surface area contributed by atoms with Crippen LogP contribution in [0.5, 0.6) is 0 Å². The van der Waals surface area contributed by atoms with Crippen LogP contribution in [0.2, 0.25) is 0 Å². The fourth-order valence-electron chi connectivity index (χ4n) is 1.62. The molecule has 2 aromatic rings. The molecule has 21 heavy (non-hydrogen) atoms. The minimum absolute atomic E-state index is 0.141. The summed E-state index contributed by atoms with van der Waals surface area (Å²) in [5.74, 6) is 0.364. The third-order valence-electron chi connectivity index (χ3n) is 2.70. The van der Waals surface area contributed by atoms with Crippen LogP contribution in [-0.2, 0) is 16.6 Å². The molecule has 0 amide bonds. The zero-order valence-corrected chi connectivity index (χ0v) is 12.9. The maximum atomic E-state index is 12.1. The Morgan fingerprint density at radius 3 is 2.43 bits per heavy atom. The minimum atomic E-state index is -3.71. The summed E-state index contributed by atoms with van der Waals surface area (Å²) in [5, 5.41) is 6.79. The number of hydrogen-bond acceptors (Lipinski definition) is 6. The van der Waals surface area contributed by atoms with Crippen molar-refractivity contribution in [1.29, 1.82) is 0 Å². The molecule has 0 atom stereocenters. The van der Waals surface area contributed by atoms with E-state index in [9.17, 15) is 8.42 Å². The molecule has 0 aliphatic carbocycles. The molecule has 2 N–H and O–H groups in total. The lowest BCUT2D eigenvalue weighted by Crippen LogP contribution is -2.21. The third-order valence-corrected chi connectivity index (χ3v) is 4.03. The quantitative estimate of drug-likeness (QED) is 0.842. The number of nitrogens with one attached hydrogen (secondary N) is 2. The van der Waals surface area contributed by atoms with Gasteiger partial charge in [0.25, 0.3) is 10.0 Å². The number of sulfonamides is 1. The molecule has 0 saturated carbocycles. The van der Waals surface area contributed by atoms with E-state index in [-0.39, 0.29) is 10.9 Å². The van der Waals surface area contributed by atoms with Crippen LogP contribution in [0.3, 0.4) is 0 Å². The van der Waals surface area contributed by atoms with Crippen molar-refractivity contribution >= 4 is 16.0 Å². The van der Waals surface area contributed by atoms with Crippen molar-refractivity contribution in [1.82, 2.24) is 15.5 Å². The summed E-state index contributed by atoms with van der Waals surface area (Å²) < 4.78 is 31.3. The number of aryl methyl sites for hydroxylation is 1. The standard InChI is InChI=1S/C13H18N4O3S/c1-9(2)14-8-11-4-6-12(7-5-11)21(18,19)17-13-15-10(3)16-20-13/h4-7,9,14H,8H2,1-3H3,(H,15,16,17). The Kier molecular flexibility index (Phi) is 4.59. The molecule has 8 heteroatoms. The zero-order valence-electron chi connectivity index (χ0n) is 12.1. The highest BCUT2D eigenvalue weighted by molar-refractivity contribution is 7.92. The molecule has 0 radical (unpaired) electrons. The van der Waals surface area contributed by atoms with Gasteiger partial charge in [-0.15, -0.1) is 0 Å². The SMILES string of the molecule is Cc1noc(NS(=O)(=O)c2ccc(CNC(C)C)cc2)n1. The van der Waals surface area contributed by atoms with Gasteiger partial charge in [-0.3, -0.25) is 0 Å². The number of rotatable bonds is 6. The summed E-state index contributed by atoms with van der Waals surface area (Å²) in [5.41, 5.74) is 1.01. The van der Waals surface area contributed by atoms with Crippen LogP contribution < -0.4 is 10.0 Å². The molecular weight excluding hydrogens is 292 g/mol. The van der Waals surface area contributed by atoms with Crippen LogP contribution >= 0.6 is 0 Å². The molecule has 7 nitrogen and oxygen atoms in total. The fourth-order valence-corrected chi connectivity index (χ4v) is 2.55. The van der Waals surface area contributed by atoms with Crippen molar-refractivity contribution in [3.8, 4) is 0 Å². The first-order valence-electron chi connectivity index (χ1n) is 6.52. The van der Waals surface area contributed by atoms with Gasteiger partial charge >= 0.3 is 6.01 Å². The van der Waals surface area contributed by atoms with Gasteiger partial charge in [0.1, 0.15) is 0 Å². The Morgan fingerprint density at radius 2 is 1.90 bits per heavy atom. The molecule has 114 valence electrons. The molecule has 0 aliphatic heterocycles. The lowest BCUT2D eigenvalue weighted by atomic mass is 10.2. The zero-order chi connectivity index (χ0) is 15.5. The Bertz CT molecular complexity index is 692. The van der Waals surface area contributed by atoms with Crippen LogP contribution in [-0.4, -0.2) is 24.6 Å². The second kappa shape index (κ2) is 6.23. The van der Waals surface area contributed by atoms with Crippen LogP contribution in [0, 0.1) is 6.92 Å². The highest BCUT2D eigenvalue weighted by atomic mass is 32.2. The lowest BCUT2D eigenvalue weighted by Gasteiger charge is -2.09. The van der Waals surface area contributed by atoms with E-state index in [0.717, 1.165) is 5.56 Å². The van der Waals surface area contributed by atoms with E-state index in [1.165, 1.54) is 0 Å². The van der Waals surface area contributed by atoms with E-state index in [0.29, 0.717) is 18.4 Å². The minimum Gasteiger partial charge on any atom is -0.314 e. The van der Waals surface area contributed by atoms with Crippen molar-refractivity contribution in [2.24, 2.45) is 0 Å². The van der Waals surface area contributed by atoms with Gasteiger partial charge in [-0.1, -0.05) is 31.1 Å². The summed E-state index contributed by atoms with van der Waals surface area (Å²) in [4.78, 5) is 3.95. The van der Waals surface area contributed by atoms with Crippen molar-refractivity contribution in [3.05, 3.63) is 35.7 Å². The van der Waals surface area contributed by atoms with Crippen molar-refractivity contribution in [3.63, 3.8) is 0 Å². The monoisotopic (exact) mass is 310 g/mol. The van der Waals surface area contributed by atoms with E-state index in [4.69, 9.17) is 4.52 Å². The highest BCUT2D eigenvalue weighted by Gasteiger charge is 2.17. The molecule has 1 aromatic carbocycles. The number of hydrogen-bond donors (Lipinski definition) is 2. The van der Waals surface area contributed by atoms with Gasteiger partial charge in [-0.2, -0.15) is 4.98 Å². The molecule has 0 fully saturated rings. The molecule has 0 unspecified atom stereocenters. The number of anilines is 1. The average Bonchev–Trinajstić information content (AvgIpc) is 2.81. The Labute approximate surface area is 123 Å². The average molecular weight is 310 g/mol. The molecule has 0 bridgehead atoms. The van der Waals surface area contributed by atoms with Crippen LogP contribution in [0.4, 0.5) is 6.01 Å². The summed E-state index contributed by atoms with van der Waals surface area (Å²) in [6.07, 6.45) is 0. The molecule has 0 spiro atoms. The molecule has 1 heterocycles. The van der Waals surface area contributed by atoms with E-state index >= 15 is 0 Å². The van der Waals surface area contributed by atoms with Gasteiger partial charge in [-0.25, -0.2) is 13.1 Å². The first kappa shape index (κ1) is 15.5. The molecule has 2 rings (SSSR count). The van der Waals surface area contributed by atoms with E-state index < -0.39 is 10.0 Å². The molecule has 0 saturated heterocycles. The van der Waals surface area contributed by atoms with Crippen molar-refractivity contribution < 1.29 is 12.9 Å². The molecule has 0 aliphatic rings. The maximum absolute atomic E-state index is 12.1. The van der Waals surface area contributed by atoms with E-state index in [1.54, 1.807) is 31.2 Å². The van der Waals surface area contributed by atoms with Crippen LogP contribution in [0.1, 0.15) is 25.2 Å². The predicted molar refractivity (Wildman–Crippen MR) is 78.3 cm³/mol. The first-order chi connectivity index (χ1) is 9.87. The van der Waals surface area contributed by atoms with Gasteiger partial charge in [0, 0.05) is 12.6 Å². The molecule has 1 aromatic heterocycles.